The van der Waals surface area contributed by atoms with Gasteiger partial charge in [-0.05, 0) is 149 Å². The molecule has 0 spiro atoms. The maximum Gasteiger partial charge on any atom is -0.0323 e. The minimum Gasteiger partial charge on any atom is -0.0654 e. The molecule has 78 heavy (non-hydrogen) atoms. The van der Waals surface area contributed by atoms with Crippen LogP contribution < -0.4 is 0 Å². The Balaban J connectivity index is -0.000000388. The molecule has 7 aliphatic rings. The molecule has 7 aliphatic carbocycles. The highest BCUT2D eigenvalue weighted by Gasteiger charge is 2.43. The van der Waals surface area contributed by atoms with Crippen LogP contribution in [-0.2, 0) is 0 Å². The SMILES string of the molecule is CC1C(C)(C)CCC1(C)C.CC1CC(C)C(C)C1.CC1CCC(C)C1C.CC1CCCC1(C)C.CC1CCCC1C.CCC(C)CC.CCC1CCC1.CCCC(C)(C)C.CCCC(C)C.CCCC(C)C.CCCC1CC1. The van der Waals surface area contributed by atoms with Crippen molar-refractivity contribution in [2.24, 2.45) is 110 Å². The van der Waals surface area contributed by atoms with Crippen molar-refractivity contribution in [2.45, 2.75) is 394 Å². The van der Waals surface area contributed by atoms with Crippen LogP contribution in [0.1, 0.15) is 394 Å². The highest BCUT2D eigenvalue weighted by Crippen LogP contribution is 2.53. The lowest BCUT2D eigenvalue weighted by Crippen LogP contribution is -2.24. The van der Waals surface area contributed by atoms with E-state index in [9.17, 15) is 0 Å². The smallest absolute Gasteiger partial charge is 0.0323 e. The highest BCUT2D eigenvalue weighted by molar-refractivity contribution is 4.93. The van der Waals surface area contributed by atoms with Crippen LogP contribution in [0.4, 0.5) is 0 Å². The van der Waals surface area contributed by atoms with E-state index in [0.29, 0.717) is 21.7 Å². The third-order valence-corrected chi connectivity index (χ3v) is 21.6. The zero-order valence-corrected chi connectivity index (χ0v) is 61.5. The Bertz CT molecular complexity index is 1170. The molecule has 0 radical (unpaired) electrons. The fraction of sp³-hybridized carbons (Fsp3) is 1.00. The van der Waals surface area contributed by atoms with Crippen molar-refractivity contribution in [3.8, 4) is 0 Å². The van der Waals surface area contributed by atoms with Crippen LogP contribution in [0.3, 0.4) is 0 Å². The second kappa shape index (κ2) is 47.3. The van der Waals surface area contributed by atoms with E-state index >= 15 is 0 Å². The molecule has 0 heteroatoms. The molecule has 0 nitrogen and oxygen atoms in total. The lowest BCUT2D eigenvalue weighted by molar-refractivity contribution is 0.179. The lowest BCUT2D eigenvalue weighted by atomic mass is 9.74. The summed E-state index contributed by atoms with van der Waals surface area (Å²) in [4.78, 5) is 0. The van der Waals surface area contributed by atoms with Gasteiger partial charge in [-0.15, -0.1) is 0 Å². The Morgan fingerprint density at radius 2 is 0.821 bits per heavy atom. The molecule has 7 rings (SSSR count). The Labute approximate surface area is 502 Å². The molecule has 0 aromatic rings. The van der Waals surface area contributed by atoms with Gasteiger partial charge in [-0.1, -0.05) is 356 Å². The molecule has 0 aromatic carbocycles. The van der Waals surface area contributed by atoms with Crippen LogP contribution in [0, 0.1) is 110 Å². The average Bonchev–Trinajstić information content (AvgIpc) is 3.67. The van der Waals surface area contributed by atoms with E-state index < -0.39 is 0 Å². The molecule has 7 saturated carbocycles. The second-order valence-electron chi connectivity index (χ2n) is 32.8. The quantitative estimate of drug-likeness (QED) is 0.205. The van der Waals surface area contributed by atoms with Crippen LogP contribution >= 0.6 is 0 Å². The number of hydrogen-bond donors (Lipinski definition) is 0. The third kappa shape index (κ3) is 47.4. The second-order valence-corrected chi connectivity index (χ2v) is 32.8. The zero-order valence-electron chi connectivity index (χ0n) is 61.5. The monoisotopic (exact) mass is 1100 g/mol. The molecule has 0 amide bonds. The van der Waals surface area contributed by atoms with Gasteiger partial charge in [0.15, 0.2) is 0 Å². The topological polar surface area (TPSA) is 0 Å². The van der Waals surface area contributed by atoms with Crippen LogP contribution in [-0.4, -0.2) is 0 Å². The summed E-state index contributed by atoms with van der Waals surface area (Å²) in [5.41, 5.74) is 2.38. The van der Waals surface area contributed by atoms with Gasteiger partial charge in [-0.25, -0.2) is 0 Å². The van der Waals surface area contributed by atoms with Crippen molar-refractivity contribution < 1.29 is 0 Å². The molecule has 7 atom stereocenters. The van der Waals surface area contributed by atoms with Crippen LogP contribution in [0.25, 0.3) is 0 Å². The summed E-state index contributed by atoms with van der Waals surface area (Å²) in [5.74, 6) is 14.8. The molecule has 0 heterocycles. The summed E-state index contributed by atoms with van der Waals surface area (Å²) in [6.07, 6.45) is 40.0. The fourth-order valence-electron chi connectivity index (χ4n) is 12.3. The molecule has 0 aliphatic heterocycles. The molecule has 7 unspecified atom stereocenters. The summed E-state index contributed by atoms with van der Waals surface area (Å²) in [6.45, 7) is 71.8. The van der Waals surface area contributed by atoms with Gasteiger partial charge in [0.2, 0.25) is 0 Å². The van der Waals surface area contributed by atoms with Gasteiger partial charge in [0.05, 0.1) is 0 Å². The first-order valence-electron chi connectivity index (χ1n) is 36.0. The van der Waals surface area contributed by atoms with Crippen molar-refractivity contribution >= 4 is 0 Å². The minimum absolute atomic E-state index is 0.550. The average molecular weight is 1100 g/mol. The van der Waals surface area contributed by atoms with Crippen molar-refractivity contribution in [3.63, 3.8) is 0 Å². The maximum atomic E-state index is 2.40. The first-order chi connectivity index (χ1) is 36.0. The van der Waals surface area contributed by atoms with Gasteiger partial charge in [-0.3, -0.25) is 0 Å². The van der Waals surface area contributed by atoms with Crippen molar-refractivity contribution in [2.75, 3.05) is 0 Å². The van der Waals surface area contributed by atoms with Crippen molar-refractivity contribution in [3.05, 3.63) is 0 Å². The molecular formula is C78H164. The summed E-state index contributed by atoms with van der Waals surface area (Å²) >= 11 is 0. The van der Waals surface area contributed by atoms with E-state index in [-0.39, 0.29) is 0 Å². The van der Waals surface area contributed by atoms with E-state index in [1.54, 1.807) is 0 Å². The van der Waals surface area contributed by atoms with E-state index in [2.05, 4.69) is 215 Å². The van der Waals surface area contributed by atoms with Crippen LogP contribution in [0.15, 0.2) is 0 Å². The lowest BCUT2D eigenvalue weighted by Gasteiger charge is -2.31. The Morgan fingerprint density at radius 3 is 0.897 bits per heavy atom. The Kier molecular flexibility index (Phi) is 51.2. The largest absolute Gasteiger partial charge is 0.0654 e. The molecule has 0 saturated heterocycles. The van der Waals surface area contributed by atoms with E-state index in [1.165, 1.54) is 180 Å². The zero-order chi connectivity index (χ0) is 61.5. The van der Waals surface area contributed by atoms with Gasteiger partial charge in [0, 0.05) is 0 Å². The number of rotatable bonds is 10. The molecule has 7 fully saturated rings. The van der Waals surface area contributed by atoms with E-state index in [4.69, 9.17) is 0 Å². The molecule has 0 bridgehead atoms. The van der Waals surface area contributed by atoms with Crippen molar-refractivity contribution in [1.82, 2.24) is 0 Å². The predicted molar refractivity (Wildman–Crippen MR) is 367 cm³/mol. The van der Waals surface area contributed by atoms with Gasteiger partial charge >= 0.3 is 0 Å². The standard InChI is InChI=1S/C10H20.3C8H16.C7H14.C7H16.2C6H12.3C6H14/c1-8-9(2,3)6-7-10(8,4)5;1-6-4-7(2)8(3)5-6;1-7-5-4-6-8(7,2)3;1-6-4-5-7(2)8(6)3;1-6-4-3-5-7(6)2;1-5-6-7(2,3)4;1-2-6-4-3-5-6;1-2-3-6-4-5-6;2*1-4-5-6(2)3;1-4-6(3)5-2/h8H,6-7H2,1-5H3;6-8H,4-5H2,1-3H3;7H,4-6H2,1-3H3;6-8H,4-5H2,1-3H3;6-7H,3-5H2,1-2H3;5-6H2,1-4H3;2*6H,2-5H2,1H3;3*6H,4-5H2,1-3H3. The molecule has 0 N–H and O–H groups in total. The fourth-order valence-corrected chi connectivity index (χ4v) is 12.3. The van der Waals surface area contributed by atoms with E-state index in [1.807, 2.05) is 0 Å². The summed E-state index contributed by atoms with van der Waals surface area (Å²) < 4.78 is 0. The third-order valence-electron chi connectivity index (χ3n) is 21.6. The Morgan fingerprint density at radius 1 is 0.410 bits per heavy atom. The molecule has 0 aromatic heterocycles. The van der Waals surface area contributed by atoms with Crippen molar-refractivity contribution in [1.29, 1.82) is 0 Å². The van der Waals surface area contributed by atoms with Gasteiger partial charge < -0.3 is 0 Å². The van der Waals surface area contributed by atoms with Crippen LogP contribution in [0.2, 0.25) is 0 Å². The van der Waals surface area contributed by atoms with Gasteiger partial charge in [-0.2, -0.15) is 0 Å². The number of hydrogen-bond acceptors (Lipinski definition) is 0. The maximum absolute atomic E-state index is 2.40. The minimum atomic E-state index is 0.550. The summed E-state index contributed by atoms with van der Waals surface area (Å²) in [6, 6.07) is 0. The van der Waals surface area contributed by atoms with Gasteiger partial charge in [0.25, 0.3) is 0 Å². The van der Waals surface area contributed by atoms with E-state index in [0.717, 1.165) is 88.8 Å². The normalized spacial score (nSPS) is 28.0. The summed E-state index contributed by atoms with van der Waals surface area (Å²) in [5, 5.41) is 0. The molecule has 476 valence electrons. The van der Waals surface area contributed by atoms with Gasteiger partial charge in [0.1, 0.15) is 0 Å². The first kappa shape index (κ1) is 84.5. The summed E-state index contributed by atoms with van der Waals surface area (Å²) in [7, 11) is 0. The highest BCUT2D eigenvalue weighted by atomic mass is 14.5. The predicted octanol–water partition coefficient (Wildman–Crippen LogP) is 28.7. The Hall–Kier alpha value is 0. The first-order valence-corrected chi connectivity index (χ1v) is 36.0. The van der Waals surface area contributed by atoms with Crippen LogP contribution in [0.5, 0.6) is 0 Å². The molecular weight excluding hydrogens is 937 g/mol.